The average molecular weight is 196 g/mol. The Balaban J connectivity index is 1.93. The van der Waals surface area contributed by atoms with Crippen molar-refractivity contribution >= 4 is 0 Å². The topological polar surface area (TPSA) is 15.3 Å². The van der Waals surface area contributed by atoms with Gasteiger partial charge >= 0.3 is 0 Å². The lowest BCUT2D eigenvalue weighted by Crippen LogP contribution is -2.62. The number of hydrogen-bond acceptors (Lipinski definition) is 2. The Morgan fingerprint density at radius 2 is 2.21 bits per heavy atom. The second-order valence-electron chi connectivity index (χ2n) is 5.43. The summed E-state index contributed by atoms with van der Waals surface area (Å²) in [5.74, 6) is 0.939. The number of nitrogens with zero attached hydrogens (tertiary/aromatic N) is 1. The van der Waals surface area contributed by atoms with Gasteiger partial charge in [0, 0.05) is 31.2 Å². The summed E-state index contributed by atoms with van der Waals surface area (Å²) >= 11 is 0. The van der Waals surface area contributed by atoms with E-state index in [4.69, 9.17) is 0 Å². The molecule has 0 radical (unpaired) electrons. The zero-order chi connectivity index (χ0) is 10.2. The molecule has 1 aliphatic carbocycles. The third kappa shape index (κ3) is 1.82. The maximum atomic E-state index is 3.65. The molecular formula is C12H24N2. The fraction of sp³-hybridized carbons (Fsp3) is 1.00. The Kier molecular flexibility index (Phi) is 2.85. The van der Waals surface area contributed by atoms with E-state index in [9.17, 15) is 0 Å². The van der Waals surface area contributed by atoms with E-state index < -0.39 is 0 Å². The van der Waals surface area contributed by atoms with E-state index in [1.807, 2.05) is 0 Å². The molecule has 0 aromatic carbocycles. The molecular weight excluding hydrogens is 172 g/mol. The van der Waals surface area contributed by atoms with Crippen LogP contribution in [0.25, 0.3) is 0 Å². The van der Waals surface area contributed by atoms with Crippen molar-refractivity contribution in [1.82, 2.24) is 10.2 Å². The van der Waals surface area contributed by atoms with Crippen LogP contribution in [-0.4, -0.2) is 36.1 Å². The Morgan fingerprint density at radius 1 is 1.43 bits per heavy atom. The number of hydrogen-bond donors (Lipinski definition) is 1. The van der Waals surface area contributed by atoms with Crippen LogP contribution in [0.4, 0.5) is 0 Å². The molecule has 0 amide bonds. The van der Waals surface area contributed by atoms with Crippen molar-refractivity contribution in [2.45, 2.75) is 51.6 Å². The second kappa shape index (κ2) is 3.82. The predicted molar refractivity (Wildman–Crippen MR) is 60.5 cm³/mol. The molecule has 1 N–H and O–H groups in total. The van der Waals surface area contributed by atoms with Crippen molar-refractivity contribution in [3.63, 3.8) is 0 Å². The molecule has 2 heteroatoms. The van der Waals surface area contributed by atoms with Crippen LogP contribution in [0.2, 0.25) is 0 Å². The van der Waals surface area contributed by atoms with Gasteiger partial charge in [0.1, 0.15) is 0 Å². The van der Waals surface area contributed by atoms with E-state index in [-0.39, 0.29) is 0 Å². The summed E-state index contributed by atoms with van der Waals surface area (Å²) in [4.78, 5) is 2.72. The number of piperazine rings is 1. The highest BCUT2D eigenvalue weighted by Gasteiger charge is 2.37. The lowest BCUT2D eigenvalue weighted by molar-refractivity contribution is 0.0248. The smallest absolute Gasteiger partial charge is 0.0278 e. The molecule has 3 atom stereocenters. The molecule has 0 bridgehead atoms. The highest BCUT2D eigenvalue weighted by atomic mass is 15.2. The lowest BCUT2D eigenvalue weighted by Gasteiger charge is -2.49. The van der Waals surface area contributed by atoms with E-state index >= 15 is 0 Å². The first-order valence-electron chi connectivity index (χ1n) is 6.14. The van der Waals surface area contributed by atoms with Crippen LogP contribution in [0.3, 0.4) is 0 Å². The van der Waals surface area contributed by atoms with Crippen LogP contribution in [0.15, 0.2) is 0 Å². The van der Waals surface area contributed by atoms with Crippen molar-refractivity contribution in [1.29, 1.82) is 0 Å². The SMILES string of the molecule is CCC1(C)CN(C2CCC2C)CCN1. The fourth-order valence-corrected chi connectivity index (χ4v) is 2.80. The molecule has 2 nitrogen and oxygen atoms in total. The molecule has 0 spiro atoms. The lowest BCUT2D eigenvalue weighted by atomic mass is 9.78. The van der Waals surface area contributed by atoms with E-state index in [1.54, 1.807) is 0 Å². The van der Waals surface area contributed by atoms with Gasteiger partial charge in [0.25, 0.3) is 0 Å². The van der Waals surface area contributed by atoms with Crippen molar-refractivity contribution in [3.05, 3.63) is 0 Å². The molecule has 2 fully saturated rings. The van der Waals surface area contributed by atoms with Crippen LogP contribution in [0.1, 0.15) is 40.0 Å². The Morgan fingerprint density at radius 3 is 2.71 bits per heavy atom. The van der Waals surface area contributed by atoms with E-state index in [2.05, 4.69) is 31.0 Å². The Labute approximate surface area is 88.1 Å². The minimum absolute atomic E-state index is 0.369. The molecule has 2 aliphatic rings. The normalized spacial score (nSPS) is 44.8. The van der Waals surface area contributed by atoms with Crippen LogP contribution in [0.5, 0.6) is 0 Å². The van der Waals surface area contributed by atoms with E-state index in [0.29, 0.717) is 5.54 Å². The van der Waals surface area contributed by atoms with Gasteiger partial charge in [-0.15, -0.1) is 0 Å². The quantitative estimate of drug-likeness (QED) is 0.725. The summed E-state index contributed by atoms with van der Waals surface area (Å²) in [7, 11) is 0. The van der Waals surface area contributed by atoms with Crippen molar-refractivity contribution in [3.8, 4) is 0 Å². The summed E-state index contributed by atoms with van der Waals surface area (Å²) in [5, 5.41) is 3.65. The van der Waals surface area contributed by atoms with Crippen LogP contribution >= 0.6 is 0 Å². The highest BCUT2D eigenvalue weighted by molar-refractivity contribution is 4.95. The van der Waals surface area contributed by atoms with Gasteiger partial charge in [0.15, 0.2) is 0 Å². The molecule has 0 aromatic heterocycles. The van der Waals surface area contributed by atoms with Gasteiger partial charge in [-0.2, -0.15) is 0 Å². The first-order chi connectivity index (χ1) is 6.64. The maximum Gasteiger partial charge on any atom is 0.0278 e. The number of rotatable bonds is 2. The molecule has 1 heterocycles. The van der Waals surface area contributed by atoms with Crippen molar-refractivity contribution in [2.24, 2.45) is 5.92 Å². The third-order valence-corrected chi connectivity index (χ3v) is 4.33. The minimum Gasteiger partial charge on any atom is -0.309 e. The average Bonchev–Trinajstić information content (AvgIpc) is 2.16. The second-order valence-corrected chi connectivity index (χ2v) is 5.43. The first kappa shape index (κ1) is 10.4. The molecule has 14 heavy (non-hydrogen) atoms. The van der Waals surface area contributed by atoms with Crippen molar-refractivity contribution < 1.29 is 0 Å². The molecule has 1 saturated carbocycles. The summed E-state index contributed by atoms with van der Waals surface area (Å²) in [5.41, 5.74) is 0.369. The van der Waals surface area contributed by atoms with E-state index in [1.165, 1.54) is 38.9 Å². The van der Waals surface area contributed by atoms with Gasteiger partial charge in [-0.05, 0) is 32.1 Å². The maximum absolute atomic E-state index is 3.65. The first-order valence-corrected chi connectivity index (χ1v) is 6.14. The number of nitrogens with one attached hydrogen (secondary N) is 1. The van der Waals surface area contributed by atoms with Gasteiger partial charge in [-0.3, -0.25) is 4.90 Å². The standard InChI is InChI=1S/C12H24N2/c1-4-12(3)9-14(8-7-13-12)11-6-5-10(11)2/h10-11,13H,4-9H2,1-3H3. The Bertz CT molecular complexity index is 204. The minimum atomic E-state index is 0.369. The largest absolute Gasteiger partial charge is 0.309 e. The molecule has 82 valence electrons. The van der Waals surface area contributed by atoms with Gasteiger partial charge in [-0.1, -0.05) is 13.8 Å². The molecule has 1 saturated heterocycles. The van der Waals surface area contributed by atoms with Crippen LogP contribution in [-0.2, 0) is 0 Å². The molecule has 1 aliphatic heterocycles. The predicted octanol–water partition coefficient (Wildman–Crippen LogP) is 1.86. The molecule has 3 unspecified atom stereocenters. The van der Waals surface area contributed by atoms with E-state index in [0.717, 1.165) is 12.0 Å². The van der Waals surface area contributed by atoms with Crippen LogP contribution < -0.4 is 5.32 Å². The molecule has 2 rings (SSSR count). The monoisotopic (exact) mass is 196 g/mol. The zero-order valence-electron chi connectivity index (χ0n) is 9.84. The third-order valence-electron chi connectivity index (χ3n) is 4.33. The summed E-state index contributed by atoms with van der Waals surface area (Å²) in [6.45, 7) is 10.7. The summed E-state index contributed by atoms with van der Waals surface area (Å²) < 4.78 is 0. The van der Waals surface area contributed by atoms with Crippen LogP contribution in [0, 0.1) is 5.92 Å². The van der Waals surface area contributed by atoms with Gasteiger partial charge in [-0.25, -0.2) is 0 Å². The Hall–Kier alpha value is -0.0800. The van der Waals surface area contributed by atoms with Crippen molar-refractivity contribution in [2.75, 3.05) is 19.6 Å². The molecule has 0 aromatic rings. The van der Waals surface area contributed by atoms with Gasteiger partial charge < -0.3 is 5.32 Å². The fourth-order valence-electron chi connectivity index (χ4n) is 2.80. The zero-order valence-corrected chi connectivity index (χ0v) is 9.84. The summed E-state index contributed by atoms with van der Waals surface area (Å²) in [6, 6.07) is 0.892. The summed E-state index contributed by atoms with van der Waals surface area (Å²) in [6.07, 6.45) is 4.11. The van der Waals surface area contributed by atoms with Gasteiger partial charge in [0.05, 0.1) is 0 Å². The highest BCUT2D eigenvalue weighted by Crippen LogP contribution is 2.33. The van der Waals surface area contributed by atoms with Gasteiger partial charge in [0.2, 0.25) is 0 Å².